The van der Waals surface area contributed by atoms with Crippen LogP contribution in [-0.4, -0.2) is 9.97 Å². The van der Waals surface area contributed by atoms with Gasteiger partial charge in [-0.2, -0.15) is 0 Å². The van der Waals surface area contributed by atoms with Gasteiger partial charge in [-0.3, -0.25) is 32.4 Å². The molecule has 0 spiro atoms. The van der Waals surface area contributed by atoms with Crippen molar-refractivity contribution in [3.05, 3.63) is 126 Å². The van der Waals surface area contributed by atoms with Crippen LogP contribution < -0.4 is 4.90 Å². The Bertz CT molecular complexity index is 1420. The summed E-state index contributed by atoms with van der Waals surface area (Å²) in [6, 6.07) is 27.9. The van der Waals surface area contributed by atoms with Gasteiger partial charge >= 0.3 is 21.1 Å². The van der Waals surface area contributed by atoms with Crippen LogP contribution >= 0.6 is 0 Å². The molecule has 0 aliphatic heterocycles. The maximum absolute atomic E-state index is 14.4. The average Bonchev–Trinajstić information content (AvgIpc) is 2.85. The van der Waals surface area contributed by atoms with E-state index in [1.54, 1.807) is 41.3 Å². The third-order valence-electron chi connectivity index (χ3n) is 5.17. The van der Waals surface area contributed by atoms with E-state index in [4.69, 9.17) is 0 Å². The molecule has 5 rings (SSSR count). The van der Waals surface area contributed by atoms with Gasteiger partial charge in [-0.25, -0.2) is 0 Å². The Morgan fingerprint density at radius 3 is 1.50 bits per heavy atom. The summed E-state index contributed by atoms with van der Waals surface area (Å²) in [6.07, 6.45) is 0. The molecule has 36 heavy (non-hydrogen) atoms. The van der Waals surface area contributed by atoms with E-state index >= 15 is 0 Å². The number of anilines is 3. The van der Waals surface area contributed by atoms with Crippen molar-refractivity contribution < 1.29 is 38.6 Å². The minimum absolute atomic E-state index is 0. The van der Waals surface area contributed by atoms with E-state index in [0.29, 0.717) is 17.3 Å². The molecule has 0 saturated heterocycles. The molecule has 0 unspecified atom stereocenters. The predicted octanol–water partition coefficient (Wildman–Crippen LogP) is 7.43. The van der Waals surface area contributed by atoms with Gasteiger partial charge in [0.2, 0.25) is 0 Å². The third kappa shape index (κ3) is 5.21. The molecule has 0 bridgehead atoms. The molecule has 0 N–H and O–H groups in total. The summed E-state index contributed by atoms with van der Waals surface area (Å²) in [7, 11) is 0. The first-order chi connectivity index (χ1) is 17.0. The Morgan fingerprint density at radius 2 is 1.06 bits per heavy atom. The topological polar surface area (TPSA) is 29.0 Å². The van der Waals surface area contributed by atoms with Gasteiger partial charge in [0, 0.05) is 29.0 Å². The average molecular weight is 665 g/mol. The maximum atomic E-state index is 14.4. The Labute approximate surface area is 219 Å². The molecule has 5 aromatic rings. The van der Waals surface area contributed by atoms with Crippen molar-refractivity contribution in [2.45, 2.75) is 0 Å². The smallest absolute Gasteiger partial charge is 0.280 e. The number of pyridine rings is 2. The first-order valence-electron chi connectivity index (χ1n) is 10.5. The third-order valence-corrected chi connectivity index (χ3v) is 5.17. The molecule has 0 fully saturated rings. The van der Waals surface area contributed by atoms with Crippen molar-refractivity contribution in [1.82, 2.24) is 9.97 Å². The Balaban J connectivity index is 0.00000304. The number of hydrogen-bond acceptors (Lipinski definition) is 3. The minimum Gasteiger partial charge on any atom is -0.280 e. The van der Waals surface area contributed by atoms with Crippen molar-refractivity contribution >= 4 is 17.3 Å². The fraction of sp³-hybridized carbons (Fsp3) is 0. The van der Waals surface area contributed by atoms with Gasteiger partial charge in [-0.05, 0) is 35.7 Å². The quantitative estimate of drug-likeness (QED) is 0.145. The molecular formula is C28H15F4N3Pt. The van der Waals surface area contributed by atoms with E-state index in [0.717, 1.165) is 24.3 Å². The molecule has 180 valence electrons. The molecule has 0 atom stereocenters. The van der Waals surface area contributed by atoms with E-state index < -0.39 is 23.3 Å². The number of nitrogens with zero attached hydrogens (tertiary/aromatic N) is 3. The van der Waals surface area contributed by atoms with Crippen LogP contribution in [0.1, 0.15) is 0 Å². The molecule has 0 aliphatic rings. The largest absolute Gasteiger partial charge is 2.00 e. The van der Waals surface area contributed by atoms with Crippen LogP contribution in [0, 0.1) is 35.4 Å². The Morgan fingerprint density at radius 1 is 0.583 bits per heavy atom. The zero-order valence-corrected chi connectivity index (χ0v) is 20.6. The molecule has 0 amide bonds. The first kappa shape index (κ1) is 25.3. The van der Waals surface area contributed by atoms with Crippen LogP contribution in [0.15, 0.2) is 91.0 Å². The van der Waals surface area contributed by atoms with Crippen LogP contribution in [-0.2, 0) is 21.1 Å². The molecule has 0 radical (unpaired) electrons. The van der Waals surface area contributed by atoms with Crippen molar-refractivity contribution in [1.29, 1.82) is 0 Å². The van der Waals surface area contributed by atoms with E-state index in [-0.39, 0.29) is 43.6 Å². The number of rotatable bonds is 5. The van der Waals surface area contributed by atoms with Gasteiger partial charge in [0.25, 0.3) is 0 Å². The van der Waals surface area contributed by atoms with Crippen LogP contribution in [0.25, 0.3) is 22.5 Å². The second-order valence-electron chi connectivity index (χ2n) is 7.51. The normalized spacial score (nSPS) is 10.6. The summed E-state index contributed by atoms with van der Waals surface area (Å²) in [4.78, 5) is 10.9. The van der Waals surface area contributed by atoms with Crippen LogP contribution in [0.2, 0.25) is 0 Å². The number of aromatic nitrogens is 2. The van der Waals surface area contributed by atoms with Gasteiger partial charge in [0.15, 0.2) is 0 Å². The summed E-state index contributed by atoms with van der Waals surface area (Å²) in [5, 5.41) is 0. The Hall–Kier alpha value is -3.83. The van der Waals surface area contributed by atoms with E-state index in [1.807, 2.05) is 30.3 Å². The second-order valence-corrected chi connectivity index (χ2v) is 7.51. The minimum atomic E-state index is -0.789. The summed E-state index contributed by atoms with van der Waals surface area (Å²) in [6.45, 7) is 0. The van der Waals surface area contributed by atoms with E-state index in [9.17, 15) is 17.6 Å². The molecule has 0 aliphatic carbocycles. The van der Waals surface area contributed by atoms with Gasteiger partial charge in [-0.1, -0.05) is 65.7 Å². The molecule has 3 nitrogen and oxygen atoms in total. The van der Waals surface area contributed by atoms with Crippen molar-refractivity contribution in [3.8, 4) is 22.5 Å². The number of hydrogen-bond donors (Lipinski definition) is 0. The van der Waals surface area contributed by atoms with E-state index in [1.165, 1.54) is 0 Å². The fourth-order valence-corrected chi connectivity index (χ4v) is 3.62. The number of para-hydroxylation sites is 1. The molecule has 2 aromatic heterocycles. The van der Waals surface area contributed by atoms with Crippen LogP contribution in [0.4, 0.5) is 34.9 Å². The van der Waals surface area contributed by atoms with Gasteiger partial charge in [0.05, 0.1) is 0 Å². The summed E-state index contributed by atoms with van der Waals surface area (Å²) in [5.74, 6) is -2.27. The maximum Gasteiger partial charge on any atom is 2.00 e. The molecule has 2 heterocycles. The first-order valence-corrected chi connectivity index (χ1v) is 10.5. The molecule has 3 aromatic carbocycles. The van der Waals surface area contributed by atoms with E-state index in [2.05, 4.69) is 22.1 Å². The molecular weight excluding hydrogens is 649 g/mol. The zero-order valence-electron chi connectivity index (χ0n) is 18.3. The van der Waals surface area contributed by atoms with Crippen molar-refractivity contribution in [2.24, 2.45) is 0 Å². The van der Waals surface area contributed by atoms with Crippen molar-refractivity contribution in [3.63, 3.8) is 0 Å². The number of benzene rings is 3. The van der Waals surface area contributed by atoms with Gasteiger partial charge < -0.3 is 0 Å². The fourth-order valence-electron chi connectivity index (χ4n) is 3.62. The van der Waals surface area contributed by atoms with Crippen LogP contribution in [0.3, 0.4) is 0 Å². The zero-order chi connectivity index (χ0) is 24.4. The monoisotopic (exact) mass is 664 g/mol. The molecule has 8 heteroatoms. The molecule has 0 saturated carbocycles. The SMILES string of the molecule is Fc1c[c-]c(-c2cccc(N(c3ccccc3)c3cccc(-c4[c-]cc(F)cc4F)n3)n2)c(F)c1.[Pt+2]. The van der Waals surface area contributed by atoms with Gasteiger partial charge in [-0.15, -0.1) is 24.3 Å². The standard InChI is InChI=1S/C28H15F4N3.Pt/c29-18-12-14-21(23(31)16-18)25-8-4-10-27(33-25)35(20-6-2-1-3-7-20)28-11-5-9-26(34-28)22-15-13-19(30)17-24(22)32;/h1-13,16-17H;/q-2;+2. The van der Waals surface area contributed by atoms with Gasteiger partial charge in [0.1, 0.15) is 11.6 Å². The summed E-state index contributed by atoms with van der Waals surface area (Å²) in [5.41, 5.74) is 1.22. The summed E-state index contributed by atoms with van der Waals surface area (Å²) < 4.78 is 55.6. The number of halogens is 4. The van der Waals surface area contributed by atoms with Crippen LogP contribution in [0.5, 0.6) is 0 Å². The van der Waals surface area contributed by atoms with Crippen molar-refractivity contribution in [2.75, 3.05) is 4.90 Å². The summed E-state index contributed by atoms with van der Waals surface area (Å²) >= 11 is 0. The Kier molecular flexibility index (Phi) is 7.60. The predicted molar refractivity (Wildman–Crippen MR) is 125 cm³/mol. The second kappa shape index (κ2) is 10.8.